The van der Waals surface area contributed by atoms with E-state index in [0.717, 1.165) is 24.8 Å². The lowest BCUT2D eigenvalue weighted by molar-refractivity contribution is -0.173. The molecule has 4 bridgehead atoms. The van der Waals surface area contributed by atoms with Crippen molar-refractivity contribution in [3.05, 3.63) is 35.9 Å². The van der Waals surface area contributed by atoms with Crippen LogP contribution in [0.25, 0.3) is 0 Å². The van der Waals surface area contributed by atoms with Gasteiger partial charge in [0.15, 0.2) is 6.61 Å². The molecule has 152 valence electrons. The highest BCUT2D eigenvalue weighted by Crippen LogP contribution is 2.64. The van der Waals surface area contributed by atoms with Crippen LogP contribution in [0.3, 0.4) is 0 Å². The van der Waals surface area contributed by atoms with Crippen molar-refractivity contribution in [3.63, 3.8) is 0 Å². The zero-order valence-electron chi connectivity index (χ0n) is 16.8. The minimum absolute atomic E-state index is 0.0526. The maximum Gasteiger partial charge on any atom is 0.312 e. The average molecular weight is 448 g/mol. The largest absolute Gasteiger partial charge is 0.455 e. The molecule has 2 atom stereocenters. The van der Waals surface area contributed by atoms with Crippen LogP contribution in [0.2, 0.25) is 0 Å². The van der Waals surface area contributed by atoms with E-state index in [1.807, 2.05) is 44.2 Å². The third kappa shape index (κ3) is 3.87. The van der Waals surface area contributed by atoms with E-state index in [1.54, 1.807) is 4.90 Å². The van der Waals surface area contributed by atoms with Gasteiger partial charge in [0.2, 0.25) is 0 Å². The summed E-state index contributed by atoms with van der Waals surface area (Å²) in [6.45, 7) is 4.37. The van der Waals surface area contributed by atoms with E-state index in [2.05, 4.69) is 15.9 Å². The summed E-state index contributed by atoms with van der Waals surface area (Å²) in [5.41, 5.74) is 0.703. The molecule has 0 radical (unpaired) electrons. The molecule has 0 spiro atoms. The van der Waals surface area contributed by atoms with Gasteiger partial charge in [-0.15, -0.1) is 0 Å². The number of alkyl halides is 1. The van der Waals surface area contributed by atoms with Crippen molar-refractivity contribution in [3.8, 4) is 0 Å². The fourth-order valence-corrected chi connectivity index (χ4v) is 7.54. The summed E-state index contributed by atoms with van der Waals surface area (Å²) < 4.78 is 5.76. The standard InChI is InChI=1S/C23H30BrNO3/c1-16(2)25(13-17-6-4-3-5-7-17)20(26)14-28-21(27)22-9-18-8-19(10-22)12-23(24,11-18)15-22/h3-7,16,18-19H,8-15H2,1-2H3/t18-,19-,22?,23?/m1/s1. The van der Waals surface area contributed by atoms with Crippen LogP contribution in [0.5, 0.6) is 0 Å². The van der Waals surface area contributed by atoms with E-state index in [0.29, 0.717) is 18.4 Å². The number of hydrogen-bond donors (Lipinski definition) is 0. The van der Waals surface area contributed by atoms with Crippen molar-refractivity contribution in [1.82, 2.24) is 4.90 Å². The van der Waals surface area contributed by atoms with Crippen LogP contribution in [-0.2, 0) is 20.9 Å². The van der Waals surface area contributed by atoms with Gasteiger partial charge in [0.25, 0.3) is 5.91 Å². The van der Waals surface area contributed by atoms with Gasteiger partial charge in [0, 0.05) is 16.9 Å². The molecule has 0 unspecified atom stereocenters. The van der Waals surface area contributed by atoms with Gasteiger partial charge in [-0.05, 0) is 69.8 Å². The van der Waals surface area contributed by atoms with Gasteiger partial charge in [-0.1, -0.05) is 46.3 Å². The van der Waals surface area contributed by atoms with E-state index in [-0.39, 0.29) is 34.3 Å². The molecule has 0 saturated heterocycles. The number of carbonyl (C=O) groups excluding carboxylic acids is 2. The highest BCUT2D eigenvalue weighted by Gasteiger charge is 2.60. The lowest BCUT2D eigenvalue weighted by Crippen LogP contribution is -2.56. The summed E-state index contributed by atoms with van der Waals surface area (Å²) in [6.07, 6.45) is 6.33. The van der Waals surface area contributed by atoms with Crippen LogP contribution in [-0.4, -0.2) is 33.7 Å². The molecule has 28 heavy (non-hydrogen) atoms. The van der Waals surface area contributed by atoms with Crippen LogP contribution in [0.15, 0.2) is 30.3 Å². The maximum absolute atomic E-state index is 13.1. The van der Waals surface area contributed by atoms with Crippen LogP contribution in [0, 0.1) is 17.3 Å². The van der Waals surface area contributed by atoms with E-state index < -0.39 is 0 Å². The van der Waals surface area contributed by atoms with Crippen molar-refractivity contribution in [2.75, 3.05) is 6.61 Å². The Morgan fingerprint density at radius 1 is 1.14 bits per heavy atom. The van der Waals surface area contributed by atoms with E-state index in [9.17, 15) is 9.59 Å². The zero-order chi connectivity index (χ0) is 19.9. The fraction of sp³-hybridized carbons (Fsp3) is 0.652. The van der Waals surface area contributed by atoms with Gasteiger partial charge in [-0.2, -0.15) is 0 Å². The van der Waals surface area contributed by atoms with Gasteiger partial charge in [-0.3, -0.25) is 9.59 Å². The number of hydrogen-bond acceptors (Lipinski definition) is 3. The molecular weight excluding hydrogens is 418 g/mol. The topological polar surface area (TPSA) is 46.6 Å². The Morgan fingerprint density at radius 3 is 2.36 bits per heavy atom. The molecule has 5 rings (SSSR count). The Bertz CT molecular complexity index is 733. The van der Waals surface area contributed by atoms with Crippen molar-refractivity contribution in [2.24, 2.45) is 17.3 Å². The molecule has 4 fully saturated rings. The summed E-state index contributed by atoms with van der Waals surface area (Å²) in [6, 6.07) is 9.99. The van der Waals surface area contributed by atoms with Crippen molar-refractivity contribution in [2.45, 2.75) is 69.3 Å². The summed E-state index contributed by atoms with van der Waals surface area (Å²) in [5.74, 6) is 0.968. The first-order chi connectivity index (χ1) is 13.3. The molecule has 4 aliphatic carbocycles. The average Bonchev–Trinajstić information content (AvgIpc) is 2.62. The second-order valence-electron chi connectivity index (χ2n) is 9.57. The maximum atomic E-state index is 13.1. The van der Waals surface area contributed by atoms with Crippen molar-refractivity contribution in [1.29, 1.82) is 0 Å². The number of amides is 1. The third-order valence-corrected chi connectivity index (χ3v) is 7.82. The Balaban J connectivity index is 1.39. The number of benzene rings is 1. The number of carbonyl (C=O) groups is 2. The van der Waals surface area contributed by atoms with E-state index in [1.165, 1.54) is 19.3 Å². The van der Waals surface area contributed by atoms with Crippen LogP contribution >= 0.6 is 15.9 Å². The number of esters is 1. The number of rotatable bonds is 6. The first-order valence-corrected chi connectivity index (χ1v) is 11.3. The third-order valence-electron chi connectivity index (χ3n) is 6.89. The second kappa shape index (κ2) is 7.47. The second-order valence-corrected chi connectivity index (χ2v) is 11.3. The predicted molar refractivity (Wildman–Crippen MR) is 112 cm³/mol. The summed E-state index contributed by atoms with van der Waals surface area (Å²) in [7, 11) is 0. The minimum Gasteiger partial charge on any atom is -0.455 e. The van der Waals surface area contributed by atoms with Crippen LogP contribution in [0.4, 0.5) is 0 Å². The van der Waals surface area contributed by atoms with Gasteiger partial charge >= 0.3 is 5.97 Å². The van der Waals surface area contributed by atoms with Gasteiger partial charge in [0.05, 0.1) is 5.41 Å². The minimum atomic E-state index is -0.379. The molecule has 1 aromatic carbocycles. The normalized spacial score (nSPS) is 33.1. The predicted octanol–water partition coefficient (Wildman–Crippen LogP) is 4.70. The smallest absolute Gasteiger partial charge is 0.312 e. The summed E-state index contributed by atoms with van der Waals surface area (Å²) >= 11 is 3.94. The van der Waals surface area contributed by atoms with Crippen molar-refractivity contribution >= 4 is 27.8 Å². The monoisotopic (exact) mass is 447 g/mol. The van der Waals surface area contributed by atoms with Gasteiger partial charge in [-0.25, -0.2) is 0 Å². The molecule has 1 aromatic rings. The van der Waals surface area contributed by atoms with E-state index in [4.69, 9.17) is 4.74 Å². The quantitative estimate of drug-likeness (QED) is 0.468. The Kier molecular flexibility index (Phi) is 5.32. The first-order valence-electron chi connectivity index (χ1n) is 10.5. The van der Waals surface area contributed by atoms with Crippen molar-refractivity contribution < 1.29 is 14.3 Å². The lowest BCUT2D eigenvalue weighted by Gasteiger charge is -2.58. The highest BCUT2D eigenvalue weighted by molar-refractivity contribution is 9.10. The Hall–Kier alpha value is -1.36. The first kappa shape index (κ1) is 19.9. The van der Waals surface area contributed by atoms with Gasteiger partial charge < -0.3 is 9.64 Å². The Morgan fingerprint density at radius 2 is 1.79 bits per heavy atom. The number of ether oxygens (including phenoxy) is 1. The zero-order valence-corrected chi connectivity index (χ0v) is 18.4. The molecule has 4 aliphatic rings. The molecule has 0 aromatic heterocycles. The molecule has 5 heteroatoms. The SMILES string of the molecule is CC(C)N(Cc1ccccc1)C(=O)COC(=O)C12C[C@H]3C[C@@H](CC(Br)(C3)C1)C2. The number of halogens is 1. The van der Waals surface area contributed by atoms with Crippen LogP contribution in [0.1, 0.15) is 57.9 Å². The van der Waals surface area contributed by atoms with Gasteiger partial charge in [0.1, 0.15) is 0 Å². The molecule has 0 aliphatic heterocycles. The van der Waals surface area contributed by atoms with Crippen LogP contribution < -0.4 is 0 Å². The fourth-order valence-electron chi connectivity index (χ4n) is 6.09. The molecule has 0 heterocycles. The molecule has 1 amide bonds. The summed E-state index contributed by atoms with van der Waals surface area (Å²) in [4.78, 5) is 27.7. The molecule has 0 N–H and O–H groups in total. The lowest BCUT2D eigenvalue weighted by atomic mass is 9.49. The molecule has 4 nitrogen and oxygen atoms in total. The molecule has 4 saturated carbocycles. The Labute approximate surface area is 176 Å². The van der Waals surface area contributed by atoms with E-state index >= 15 is 0 Å². The number of nitrogens with zero attached hydrogens (tertiary/aromatic N) is 1. The molecular formula is C23H30BrNO3. The highest BCUT2D eigenvalue weighted by atomic mass is 79.9. The summed E-state index contributed by atoms with van der Waals surface area (Å²) in [5, 5.41) is 0.